The van der Waals surface area contributed by atoms with Gasteiger partial charge < -0.3 is 5.11 Å². The van der Waals surface area contributed by atoms with Crippen molar-refractivity contribution in [3.05, 3.63) is 0 Å². The van der Waals surface area contributed by atoms with Gasteiger partial charge in [0.05, 0.1) is 0 Å². The van der Waals surface area contributed by atoms with Crippen LogP contribution in [0.25, 0.3) is 0 Å². The molecule has 0 bridgehead atoms. The standard InChI is InChI=1S/C11H21NO2/c1-4-9-5-6-12(7-9)10(8(2)3)11(13)14/h8-10H,4-7H2,1-3H3,(H,13,14). The van der Waals surface area contributed by atoms with Crippen LogP contribution in [-0.2, 0) is 4.79 Å². The summed E-state index contributed by atoms with van der Waals surface area (Å²) in [4.78, 5) is 13.2. The summed E-state index contributed by atoms with van der Waals surface area (Å²) < 4.78 is 0. The molecule has 2 unspecified atom stereocenters. The van der Waals surface area contributed by atoms with Crippen LogP contribution in [0.5, 0.6) is 0 Å². The first-order chi connectivity index (χ1) is 6.56. The van der Waals surface area contributed by atoms with E-state index in [9.17, 15) is 4.79 Å². The molecule has 0 amide bonds. The predicted octanol–water partition coefficient (Wildman–Crippen LogP) is 1.83. The average molecular weight is 199 g/mol. The summed E-state index contributed by atoms with van der Waals surface area (Å²) >= 11 is 0. The first-order valence-electron chi connectivity index (χ1n) is 5.53. The highest BCUT2D eigenvalue weighted by atomic mass is 16.4. The summed E-state index contributed by atoms with van der Waals surface area (Å²) in [6.45, 7) is 8.06. The number of hydrogen-bond acceptors (Lipinski definition) is 2. The Labute approximate surface area is 86.1 Å². The van der Waals surface area contributed by atoms with E-state index in [1.54, 1.807) is 0 Å². The van der Waals surface area contributed by atoms with Crippen molar-refractivity contribution >= 4 is 5.97 Å². The smallest absolute Gasteiger partial charge is 0.321 e. The summed E-state index contributed by atoms with van der Waals surface area (Å²) in [5.41, 5.74) is 0. The van der Waals surface area contributed by atoms with Crippen molar-refractivity contribution in [2.45, 2.75) is 39.7 Å². The van der Waals surface area contributed by atoms with Crippen LogP contribution in [0.1, 0.15) is 33.6 Å². The first-order valence-corrected chi connectivity index (χ1v) is 5.53. The molecular weight excluding hydrogens is 178 g/mol. The van der Waals surface area contributed by atoms with E-state index >= 15 is 0 Å². The number of aliphatic carboxylic acids is 1. The molecule has 14 heavy (non-hydrogen) atoms. The number of carbonyl (C=O) groups is 1. The van der Waals surface area contributed by atoms with E-state index in [0.717, 1.165) is 19.5 Å². The highest BCUT2D eigenvalue weighted by molar-refractivity contribution is 5.73. The lowest BCUT2D eigenvalue weighted by atomic mass is 10.0. The van der Waals surface area contributed by atoms with Gasteiger partial charge in [0.25, 0.3) is 0 Å². The van der Waals surface area contributed by atoms with Crippen molar-refractivity contribution in [1.29, 1.82) is 0 Å². The fourth-order valence-electron chi connectivity index (χ4n) is 2.31. The van der Waals surface area contributed by atoms with E-state index in [4.69, 9.17) is 5.11 Å². The van der Waals surface area contributed by atoms with Crippen LogP contribution in [0, 0.1) is 11.8 Å². The Bertz CT molecular complexity index is 203. The molecule has 1 aliphatic rings. The average Bonchev–Trinajstić information content (AvgIpc) is 2.51. The maximum absolute atomic E-state index is 11.1. The Balaban J connectivity index is 2.58. The van der Waals surface area contributed by atoms with E-state index in [-0.39, 0.29) is 12.0 Å². The number of carboxylic acids is 1. The third-order valence-corrected chi connectivity index (χ3v) is 3.17. The lowest BCUT2D eigenvalue weighted by Crippen LogP contribution is -2.43. The van der Waals surface area contributed by atoms with Crippen molar-refractivity contribution < 1.29 is 9.90 Å². The van der Waals surface area contributed by atoms with E-state index in [1.807, 2.05) is 13.8 Å². The minimum absolute atomic E-state index is 0.197. The van der Waals surface area contributed by atoms with E-state index in [2.05, 4.69) is 11.8 Å². The van der Waals surface area contributed by atoms with Gasteiger partial charge in [0.15, 0.2) is 0 Å². The van der Waals surface area contributed by atoms with Crippen molar-refractivity contribution in [3.8, 4) is 0 Å². The minimum atomic E-state index is -0.670. The van der Waals surface area contributed by atoms with Crippen LogP contribution >= 0.6 is 0 Å². The van der Waals surface area contributed by atoms with E-state index in [0.29, 0.717) is 5.92 Å². The van der Waals surface area contributed by atoms with Gasteiger partial charge in [0, 0.05) is 6.54 Å². The van der Waals surface area contributed by atoms with Gasteiger partial charge >= 0.3 is 5.97 Å². The normalized spacial score (nSPS) is 25.6. The zero-order chi connectivity index (χ0) is 10.7. The molecule has 1 fully saturated rings. The zero-order valence-electron chi connectivity index (χ0n) is 9.36. The van der Waals surface area contributed by atoms with Crippen molar-refractivity contribution in [2.75, 3.05) is 13.1 Å². The Morgan fingerprint density at radius 2 is 2.21 bits per heavy atom. The number of rotatable bonds is 4. The Hall–Kier alpha value is -0.570. The zero-order valence-corrected chi connectivity index (χ0v) is 9.36. The first kappa shape index (κ1) is 11.5. The number of hydrogen-bond donors (Lipinski definition) is 1. The third-order valence-electron chi connectivity index (χ3n) is 3.17. The largest absolute Gasteiger partial charge is 0.480 e. The quantitative estimate of drug-likeness (QED) is 0.751. The number of likely N-dealkylation sites (tertiary alicyclic amines) is 1. The van der Waals surface area contributed by atoms with Crippen LogP contribution in [0.4, 0.5) is 0 Å². The maximum atomic E-state index is 11.1. The van der Waals surface area contributed by atoms with Gasteiger partial charge in [0.2, 0.25) is 0 Å². The van der Waals surface area contributed by atoms with Gasteiger partial charge in [-0.1, -0.05) is 27.2 Å². The molecule has 1 heterocycles. The summed E-state index contributed by atoms with van der Waals surface area (Å²) in [6, 6.07) is -0.286. The summed E-state index contributed by atoms with van der Waals surface area (Å²) in [6.07, 6.45) is 2.33. The van der Waals surface area contributed by atoms with Gasteiger partial charge in [-0.25, -0.2) is 0 Å². The van der Waals surface area contributed by atoms with Crippen LogP contribution in [0.3, 0.4) is 0 Å². The predicted molar refractivity (Wildman–Crippen MR) is 56.2 cm³/mol. The summed E-state index contributed by atoms with van der Waals surface area (Å²) in [5, 5.41) is 9.12. The molecule has 1 saturated heterocycles. The maximum Gasteiger partial charge on any atom is 0.321 e. The second kappa shape index (κ2) is 4.78. The van der Waals surface area contributed by atoms with Gasteiger partial charge in [0.1, 0.15) is 6.04 Å². The Morgan fingerprint density at radius 3 is 2.57 bits per heavy atom. The van der Waals surface area contributed by atoms with Crippen molar-refractivity contribution in [3.63, 3.8) is 0 Å². The van der Waals surface area contributed by atoms with Gasteiger partial charge in [-0.3, -0.25) is 9.69 Å². The topological polar surface area (TPSA) is 40.5 Å². The van der Waals surface area contributed by atoms with Crippen LogP contribution in [-0.4, -0.2) is 35.1 Å². The number of nitrogens with zero attached hydrogens (tertiary/aromatic N) is 1. The molecule has 0 aromatic rings. The molecule has 0 aromatic heterocycles. The molecule has 0 aliphatic carbocycles. The lowest BCUT2D eigenvalue weighted by molar-refractivity contribution is -0.144. The molecule has 1 rings (SSSR count). The van der Waals surface area contributed by atoms with Crippen LogP contribution in [0.2, 0.25) is 0 Å². The minimum Gasteiger partial charge on any atom is -0.480 e. The van der Waals surface area contributed by atoms with Crippen molar-refractivity contribution in [1.82, 2.24) is 4.90 Å². The van der Waals surface area contributed by atoms with Gasteiger partial charge in [-0.05, 0) is 24.8 Å². The molecule has 3 heteroatoms. The molecule has 82 valence electrons. The van der Waals surface area contributed by atoms with Gasteiger partial charge in [-0.15, -0.1) is 0 Å². The SMILES string of the molecule is CCC1CCN(C(C(=O)O)C(C)C)C1. The summed E-state index contributed by atoms with van der Waals surface area (Å²) in [5.74, 6) is 0.232. The Kier molecular flexibility index (Phi) is 3.93. The second-order valence-electron chi connectivity index (χ2n) is 4.58. The fraction of sp³-hybridized carbons (Fsp3) is 0.909. The highest BCUT2D eigenvalue weighted by Crippen LogP contribution is 2.24. The van der Waals surface area contributed by atoms with E-state index < -0.39 is 5.97 Å². The molecular formula is C11H21NO2. The second-order valence-corrected chi connectivity index (χ2v) is 4.58. The summed E-state index contributed by atoms with van der Waals surface area (Å²) in [7, 11) is 0. The molecule has 0 radical (unpaired) electrons. The Morgan fingerprint density at radius 1 is 1.57 bits per heavy atom. The molecule has 0 saturated carbocycles. The van der Waals surface area contributed by atoms with Crippen LogP contribution < -0.4 is 0 Å². The monoisotopic (exact) mass is 199 g/mol. The molecule has 2 atom stereocenters. The molecule has 3 nitrogen and oxygen atoms in total. The van der Waals surface area contributed by atoms with Gasteiger partial charge in [-0.2, -0.15) is 0 Å². The molecule has 0 spiro atoms. The van der Waals surface area contributed by atoms with Crippen molar-refractivity contribution in [2.24, 2.45) is 11.8 Å². The fourth-order valence-corrected chi connectivity index (χ4v) is 2.31. The van der Waals surface area contributed by atoms with E-state index in [1.165, 1.54) is 6.42 Å². The molecule has 1 N–H and O–H groups in total. The molecule has 1 aliphatic heterocycles. The van der Waals surface area contributed by atoms with Crippen LogP contribution in [0.15, 0.2) is 0 Å². The lowest BCUT2D eigenvalue weighted by Gasteiger charge is -2.27. The third kappa shape index (κ3) is 2.47. The molecule has 0 aromatic carbocycles. The number of carboxylic acid groups (broad SMARTS) is 1. The highest BCUT2D eigenvalue weighted by Gasteiger charge is 2.33.